The zero-order valence-corrected chi connectivity index (χ0v) is 17.5. The van der Waals surface area contributed by atoms with Crippen molar-refractivity contribution >= 4 is 44.2 Å². The van der Waals surface area contributed by atoms with Gasteiger partial charge in [-0.3, -0.25) is 4.79 Å². The molecule has 4 heterocycles. The number of pyridine rings is 1. The van der Waals surface area contributed by atoms with Crippen LogP contribution in [0.25, 0.3) is 21.1 Å². The predicted molar refractivity (Wildman–Crippen MR) is 119 cm³/mol. The van der Waals surface area contributed by atoms with Crippen LogP contribution in [0, 0.1) is 0 Å². The quantitative estimate of drug-likeness (QED) is 0.520. The SMILES string of the molecule is Nc1nc2ccc(C(=O)N3CCOCC3c3ccc4ncsc4c3)cc2c2c1COC2. The van der Waals surface area contributed by atoms with Gasteiger partial charge in [0.05, 0.1) is 53.7 Å². The van der Waals surface area contributed by atoms with E-state index in [1.165, 1.54) is 0 Å². The van der Waals surface area contributed by atoms with E-state index in [0.29, 0.717) is 44.4 Å². The monoisotopic (exact) mass is 432 g/mol. The Hall–Kier alpha value is -3.07. The van der Waals surface area contributed by atoms with Crippen molar-refractivity contribution in [1.29, 1.82) is 0 Å². The highest BCUT2D eigenvalue weighted by molar-refractivity contribution is 7.16. The fourth-order valence-corrected chi connectivity index (χ4v) is 5.20. The number of ether oxygens (including phenoxy) is 2. The number of nitrogen functional groups attached to an aromatic ring is 1. The van der Waals surface area contributed by atoms with Crippen LogP contribution in [-0.4, -0.2) is 40.5 Å². The smallest absolute Gasteiger partial charge is 0.254 e. The van der Waals surface area contributed by atoms with Crippen molar-refractivity contribution in [2.75, 3.05) is 25.5 Å². The van der Waals surface area contributed by atoms with Crippen LogP contribution in [0.1, 0.15) is 33.1 Å². The van der Waals surface area contributed by atoms with Crippen molar-refractivity contribution in [2.24, 2.45) is 0 Å². The summed E-state index contributed by atoms with van der Waals surface area (Å²) in [5.74, 6) is 0.495. The number of morpholine rings is 1. The summed E-state index contributed by atoms with van der Waals surface area (Å²) in [6.45, 7) is 2.51. The molecule has 2 aliphatic heterocycles. The molecule has 1 unspecified atom stereocenters. The molecule has 1 amide bonds. The zero-order valence-electron chi connectivity index (χ0n) is 16.7. The fraction of sp³-hybridized carbons (Fsp3) is 0.261. The topological polar surface area (TPSA) is 90.6 Å². The van der Waals surface area contributed by atoms with Crippen molar-refractivity contribution in [3.05, 3.63) is 64.2 Å². The second-order valence-corrected chi connectivity index (χ2v) is 8.73. The lowest BCUT2D eigenvalue weighted by Gasteiger charge is -2.36. The van der Waals surface area contributed by atoms with E-state index in [1.807, 2.05) is 40.7 Å². The molecule has 31 heavy (non-hydrogen) atoms. The Bertz CT molecular complexity index is 1340. The minimum atomic E-state index is -0.137. The van der Waals surface area contributed by atoms with Crippen molar-refractivity contribution < 1.29 is 14.3 Å². The van der Waals surface area contributed by atoms with Gasteiger partial charge in [-0.1, -0.05) is 6.07 Å². The van der Waals surface area contributed by atoms with Crippen molar-refractivity contribution in [3.8, 4) is 0 Å². The van der Waals surface area contributed by atoms with Crippen LogP contribution in [-0.2, 0) is 22.7 Å². The summed E-state index contributed by atoms with van der Waals surface area (Å²) in [5, 5.41) is 0.934. The maximum Gasteiger partial charge on any atom is 0.254 e. The Morgan fingerprint density at radius 2 is 1.97 bits per heavy atom. The number of nitrogens with zero attached hydrogens (tertiary/aromatic N) is 3. The molecule has 1 fully saturated rings. The normalized spacial score (nSPS) is 18.6. The van der Waals surface area contributed by atoms with Gasteiger partial charge in [0.25, 0.3) is 5.91 Å². The first-order chi connectivity index (χ1) is 15.2. The Morgan fingerprint density at radius 3 is 2.90 bits per heavy atom. The van der Waals surface area contributed by atoms with Crippen molar-refractivity contribution in [3.63, 3.8) is 0 Å². The Balaban J connectivity index is 1.39. The summed E-state index contributed by atoms with van der Waals surface area (Å²) in [7, 11) is 0. The van der Waals surface area contributed by atoms with Crippen molar-refractivity contribution in [2.45, 2.75) is 19.3 Å². The molecule has 0 radical (unpaired) electrons. The first-order valence-electron chi connectivity index (χ1n) is 10.2. The number of fused-ring (bicyclic) bond motifs is 4. The highest BCUT2D eigenvalue weighted by Crippen LogP contribution is 2.33. The molecule has 6 rings (SSSR count). The summed E-state index contributed by atoms with van der Waals surface area (Å²) in [5.41, 5.74) is 13.3. The van der Waals surface area contributed by atoms with Crippen molar-refractivity contribution in [1.82, 2.24) is 14.9 Å². The van der Waals surface area contributed by atoms with E-state index in [9.17, 15) is 4.79 Å². The minimum Gasteiger partial charge on any atom is -0.383 e. The summed E-state index contributed by atoms with van der Waals surface area (Å²) in [4.78, 5) is 24.3. The minimum absolute atomic E-state index is 0.0101. The van der Waals surface area contributed by atoms with E-state index in [1.54, 1.807) is 11.3 Å². The second-order valence-electron chi connectivity index (χ2n) is 7.85. The van der Waals surface area contributed by atoms with E-state index in [4.69, 9.17) is 15.2 Å². The number of aromatic nitrogens is 2. The third-order valence-electron chi connectivity index (χ3n) is 6.11. The second kappa shape index (κ2) is 7.26. The Labute approximate surface area is 182 Å². The van der Waals surface area contributed by atoms with Gasteiger partial charge in [0.2, 0.25) is 0 Å². The molecule has 0 spiro atoms. The molecular weight excluding hydrogens is 412 g/mol. The predicted octanol–water partition coefficient (Wildman–Crippen LogP) is 3.67. The lowest BCUT2D eigenvalue weighted by Crippen LogP contribution is -2.43. The van der Waals surface area contributed by atoms with E-state index in [-0.39, 0.29) is 11.9 Å². The number of amides is 1. The molecule has 2 N–H and O–H groups in total. The van der Waals surface area contributed by atoms with Gasteiger partial charge in [0, 0.05) is 23.1 Å². The molecule has 0 saturated carbocycles. The Kier molecular flexibility index (Phi) is 4.38. The van der Waals surface area contributed by atoms with Gasteiger partial charge >= 0.3 is 0 Å². The molecule has 2 aliphatic rings. The summed E-state index contributed by atoms with van der Waals surface area (Å²) < 4.78 is 12.4. The molecular formula is C23H20N4O3S. The van der Waals surface area contributed by atoms with Crippen LogP contribution in [0.5, 0.6) is 0 Å². The molecule has 2 aromatic carbocycles. The summed E-state index contributed by atoms with van der Waals surface area (Å²) in [6.07, 6.45) is 0. The number of carbonyl (C=O) groups excluding carboxylic acids is 1. The van der Waals surface area contributed by atoms with Crippen LogP contribution in [0.4, 0.5) is 5.82 Å². The first kappa shape index (κ1) is 18.7. The number of hydrogen-bond acceptors (Lipinski definition) is 7. The standard InChI is InChI=1S/C23H20N4O3S/c24-22-17-10-30-9-16(17)15-7-14(2-3-18(15)26-22)23(28)27-5-6-29-11-20(27)13-1-4-19-21(8-13)31-12-25-19/h1-4,7-8,12,20H,5-6,9-11H2,(H2,24,26). The van der Waals surface area contributed by atoms with Gasteiger partial charge in [0.1, 0.15) is 5.82 Å². The number of carbonyl (C=O) groups is 1. The van der Waals surface area contributed by atoms with Gasteiger partial charge < -0.3 is 20.1 Å². The highest BCUT2D eigenvalue weighted by Gasteiger charge is 2.30. The van der Waals surface area contributed by atoms with Gasteiger partial charge in [-0.05, 0) is 41.5 Å². The van der Waals surface area contributed by atoms with Crippen LogP contribution in [0.15, 0.2) is 41.9 Å². The average molecular weight is 433 g/mol. The number of rotatable bonds is 2. The molecule has 1 saturated heterocycles. The number of thiazole rings is 1. The molecule has 156 valence electrons. The van der Waals surface area contributed by atoms with E-state index in [2.05, 4.69) is 16.0 Å². The lowest BCUT2D eigenvalue weighted by molar-refractivity contribution is -0.00265. The third-order valence-corrected chi connectivity index (χ3v) is 6.90. The molecule has 8 heteroatoms. The number of benzene rings is 2. The number of hydrogen-bond donors (Lipinski definition) is 1. The molecule has 4 aromatic rings. The first-order valence-corrected chi connectivity index (χ1v) is 11.1. The van der Waals surface area contributed by atoms with Crippen LogP contribution in [0.2, 0.25) is 0 Å². The number of anilines is 1. The number of nitrogens with two attached hydrogens (primary N) is 1. The van der Waals surface area contributed by atoms with Gasteiger partial charge in [-0.2, -0.15) is 0 Å². The zero-order chi connectivity index (χ0) is 20.9. The molecule has 7 nitrogen and oxygen atoms in total. The third kappa shape index (κ3) is 3.06. The Morgan fingerprint density at radius 1 is 1.10 bits per heavy atom. The summed E-state index contributed by atoms with van der Waals surface area (Å²) >= 11 is 1.60. The van der Waals surface area contributed by atoms with E-state index >= 15 is 0 Å². The fourth-order valence-electron chi connectivity index (χ4n) is 4.47. The maximum atomic E-state index is 13.6. The van der Waals surface area contributed by atoms with Crippen LogP contribution < -0.4 is 5.73 Å². The molecule has 2 aromatic heterocycles. The average Bonchev–Trinajstić information content (AvgIpc) is 3.48. The van der Waals surface area contributed by atoms with Crippen LogP contribution >= 0.6 is 11.3 Å². The molecule has 0 bridgehead atoms. The van der Waals surface area contributed by atoms with Gasteiger partial charge in [-0.15, -0.1) is 11.3 Å². The van der Waals surface area contributed by atoms with E-state index in [0.717, 1.165) is 37.8 Å². The van der Waals surface area contributed by atoms with Gasteiger partial charge in [-0.25, -0.2) is 9.97 Å². The van der Waals surface area contributed by atoms with Crippen LogP contribution in [0.3, 0.4) is 0 Å². The van der Waals surface area contributed by atoms with E-state index < -0.39 is 0 Å². The highest BCUT2D eigenvalue weighted by atomic mass is 32.1. The molecule has 0 aliphatic carbocycles. The lowest BCUT2D eigenvalue weighted by atomic mass is 10.0. The summed E-state index contributed by atoms with van der Waals surface area (Å²) in [6, 6.07) is 11.7. The molecule has 1 atom stereocenters. The van der Waals surface area contributed by atoms with Gasteiger partial charge in [0.15, 0.2) is 0 Å². The largest absolute Gasteiger partial charge is 0.383 e. The maximum absolute atomic E-state index is 13.6.